The quantitative estimate of drug-likeness (QED) is 0.0272. The third kappa shape index (κ3) is 50.1. The van der Waals surface area contributed by atoms with Gasteiger partial charge in [0.2, 0.25) is 5.91 Å². The first-order chi connectivity index (χ1) is 32.0. The van der Waals surface area contributed by atoms with E-state index in [1.807, 2.05) is 21.1 Å². The number of allylic oxidation sites excluding steroid dienone is 10. The lowest BCUT2D eigenvalue weighted by atomic mass is 10.0. The molecule has 0 aliphatic carbocycles. The Morgan fingerprint density at radius 3 is 1.33 bits per heavy atom. The predicted octanol–water partition coefficient (Wildman–Crippen LogP) is 15.9. The number of likely N-dealkylation sites (N-methyl/N-ethyl adjacent to an activating group) is 1. The largest absolute Gasteiger partial charge is 0.756 e. The summed E-state index contributed by atoms with van der Waals surface area (Å²) in [5.74, 6) is -0.195. The number of hydrogen-bond acceptors (Lipinski definition) is 6. The van der Waals surface area contributed by atoms with Gasteiger partial charge in [-0.05, 0) is 57.8 Å². The average Bonchev–Trinajstić information content (AvgIpc) is 3.28. The van der Waals surface area contributed by atoms with Crippen LogP contribution in [-0.2, 0) is 18.4 Å². The molecule has 2 N–H and O–H groups in total. The van der Waals surface area contributed by atoms with Gasteiger partial charge in [0.1, 0.15) is 13.2 Å². The maximum Gasteiger partial charge on any atom is 0.268 e. The minimum Gasteiger partial charge on any atom is -0.756 e. The summed E-state index contributed by atoms with van der Waals surface area (Å²) in [7, 11) is 1.28. The molecule has 0 saturated carbocycles. The normalized spacial score (nSPS) is 14.5. The number of carbonyl (C=O) groups excluding carboxylic acids is 1. The number of carbonyl (C=O) groups is 1. The maximum absolute atomic E-state index is 12.9. The summed E-state index contributed by atoms with van der Waals surface area (Å²) in [5, 5.41) is 14.0. The highest BCUT2D eigenvalue weighted by Crippen LogP contribution is 2.38. The molecule has 0 fully saturated rings. The highest BCUT2D eigenvalue weighted by atomic mass is 31.2. The molecule has 3 atom stereocenters. The van der Waals surface area contributed by atoms with Crippen LogP contribution in [0.15, 0.2) is 60.8 Å². The minimum absolute atomic E-state index is 0.00302. The molecule has 0 aromatic rings. The summed E-state index contributed by atoms with van der Waals surface area (Å²) >= 11 is 0. The Morgan fingerprint density at radius 1 is 0.545 bits per heavy atom. The second kappa shape index (κ2) is 48.2. The molecular formula is C57H107N2O6P. The highest BCUT2D eigenvalue weighted by molar-refractivity contribution is 7.45. The van der Waals surface area contributed by atoms with E-state index in [2.05, 4.69) is 79.9 Å². The molecule has 3 unspecified atom stereocenters. The first-order valence-corrected chi connectivity index (χ1v) is 29.1. The molecule has 0 aromatic heterocycles. The summed E-state index contributed by atoms with van der Waals surface area (Å²) in [4.78, 5) is 25.5. The van der Waals surface area contributed by atoms with Crippen LogP contribution in [0, 0.1) is 0 Å². The Kier molecular flexibility index (Phi) is 46.9. The van der Waals surface area contributed by atoms with Gasteiger partial charge in [-0.1, -0.05) is 242 Å². The first kappa shape index (κ1) is 64.2. The van der Waals surface area contributed by atoms with E-state index in [0.29, 0.717) is 23.9 Å². The van der Waals surface area contributed by atoms with Crippen molar-refractivity contribution in [2.45, 2.75) is 257 Å². The Bertz CT molecular complexity index is 1260. The van der Waals surface area contributed by atoms with Crippen LogP contribution in [-0.4, -0.2) is 68.5 Å². The fourth-order valence-corrected chi connectivity index (χ4v) is 8.67. The number of rotatable bonds is 50. The molecule has 9 heteroatoms. The molecule has 66 heavy (non-hydrogen) atoms. The fraction of sp³-hybridized carbons (Fsp3) is 0.807. The number of nitrogens with zero attached hydrogens (tertiary/aromatic N) is 1. The van der Waals surface area contributed by atoms with E-state index in [9.17, 15) is 19.4 Å². The Balaban J connectivity index is 4.24. The Morgan fingerprint density at radius 2 is 0.924 bits per heavy atom. The van der Waals surface area contributed by atoms with Crippen molar-refractivity contribution in [1.29, 1.82) is 0 Å². The zero-order valence-corrected chi connectivity index (χ0v) is 44.8. The van der Waals surface area contributed by atoms with Crippen LogP contribution in [0.3, 0.4) is 0 Å². The van der Waals surface area contributed by atoms with Gasteiger partial charge >= 0.3 is 0 Å². The number of phosphoric acid groups is 1. The smallest absolute Gasteiger partial charge is 0.268 e. The van der Waals surface area contributed by atoms with Crippen LogP contribution >= 0.6 is 7.82 Å². The van der Waals surface area contributed by atoms with Crippen molar-refractivity contribution in [3.8, 4) is 0 Å². The molecule has 0 radical (unpaired) electrons. The number of unbranched alkanes of at least 4 members (excludes halogenated alkanes) is 27. The average molecular weight is 947 g/mol. The third-order valence-corrected chi connectivity index (χ3v) is 13.2. The van der Waals surface area contributed by atoms with Crippen molar-refractivity contribution in [3.05, 3.63) is 60.8 Å². The lowest BCUT2D eigenvalue weighted by molar-refractivity contribution is -0.870. The van der Waals surface area contributed by atoms with Gasteiger partial charge in [0.25, 0.3) is 7.82 Å². The summed E-state index contributed by atoms with van der Waals surface area (Å²) in [6.07, 6.45) is 63.9. The van der Waals surface area contributed by atoms with E-state index in [0.717, 1.165) is 77.0 Å². The van der Waals surface area contributed by atoms with Crippen LogP contribution in [0.1, 0.15) is 245 Å². The van der Waals surface area contributed by atoms with E-state index in [4.69, 9.17) is 9.05 Å². The van der Waals surface area contributed by atoms with E-state index in [1.165, 1.54) is 141 Å². The van der Waals surface area contributed by atoms with Crippen LogP contribution < -0.4 is 10.2 Å². The Hall–Kier alpha value is -1.80. The Labute approximate surface area is 409 Å². The number of aliphatic hydroxyl groups is 1. The van der Waals surface area contributed by atoms with E-state index >= 15 is 0 Å². The number of nitrogens with one attached hydrogen (secondary N) is 1. The zero-order chi connectivity index (χ0) is 48.5. The van der Waals surface area contributed by atoms with Gasteiger partial charge in [-0.3, -0.25) is 9.36 Å². The van der Waals surface area contributed by atoms with Crippen molar-refractivity contribution in [2.24, 2.45) is 0 Å². The van der Waals surface area contributed by atoms with Crippen LogP contribution in [0.4, 0.5) is 0 Å². The SMILES string of the molecule is CC/C=C\C/C=C\C/C=C\C/C=C\C/C=C\CCCCCC(=O)NC(COP(=O)([O-])OCC[N+](C)(C)C)C(O)CCCCCCCCCCCCCCCCCCCCCCCCCCC. The maximum atomic E-state index is 12.9. The van der Waals surface area contributed by atoms with E-state index < -0.39 is 20.0 Å². The number of phosphoric ester groups is 1. The van der Waals surface area contributed by atoms with Crippen molar-refractivity contribution in [1.82, 2.24) is 5.32 Å². The van der Waals surface area contributed by atoms with Crippen LogP contribution in [0.25, 0.3) is 0 Å². The second-order valence-corrected chi connectivity index (χ2v) is 21.3. The molecule has 0 rings (SSSR count). The van der Waals surface area contributed by atoms with Gasteiger partial charge in [0.15, 0.2) is 0 Å². The van der Waals surface area contributed by atoms with Crippen LogP contribution in [0.2, 0.25) is 0 Å². The first-order valence-electron chi connectivity index (χ1n) is 27.6. The standard InChI is InChI=1S/C57H107N2O6P/c1-6-8-10-12-14-16-18-20-22-24-26-27-28-29-30-31-33-34-36-38-40-42-44-46-48-50-56(60)55(54-65-66(62,63)64-53-52-59(3,4)5)58-57(61)51-49-47-45-43-41-39-37-35-32-25-23-21-19-17-15-13-11-9-7-2/h9,11,15,17,21,23,32,35,39,41,55-56,60H,6-8,10,12-14,16,18-20,22,24-31,33-34,36-38,40,42-54H2,1-5H3,(H-,58,61,62,63)/b11-9-,17-15-,23-21-,35-32-,41-39-. The number of aliphatic hydroxyl groups excluding tert-OH is 1. The fourth-order valence-electron chi connectivity index (χ4n) is 7.95. The van der Waals surface area contributed by atoms with Crippen molar-refractivity contribution in [3.63, 3.8) is 0 Å². The van der Waals surface area contributed by atoms with Gasteiger partial charge in [0.05, 0.1) is 39.9 Å². The van der Waals surface area contributed by atoms with Gasteiger partial charge in [-0.2, -0.15) is 0 Å². The predicted molar refractivity (Wildman–Crippen MR) is 284 cm³/mol. The minimum atomic E-state index is -4.58. The molecular weight excluding hydrogens is 840 g/mol. The summed E-state index contributed by atoms with van der Waals surface area (Å²) in [6, 6.07) is -0.822. The molecule has 0 bridgehead atoms. The molecule has 1 amide bonds. The molecule has 0 heterocycles. The summed E-state index contributed by atoms with van der Waals surface area (Å²) in [5.41, 5.74) is 0. The number of amides is 1. The third-order valence-electron chi connectivity index (χ3n) is 12.3. The highest BCUT2D eigenvalue weighted by Gasteiger charge is 2.24. The van der Waals surface area contributed by atoms with Crippen molar-refractivity contribution < 1.29 is 32.9 Å². The van der Waals surface area contributed by atoms with E-state index in [-0.39, 0.29) is 19.1 Å². The van der Waals surface area contributed by atoms with Crippen molar-refractivity contribution >= 4 is 13.7 Å². The van der Waals surface area contributed by atoms with Gasteiger partial charge < -0.3 is 28.8 Å². The van der Waals surface area contributed by atoms with Gasteiger partial charge in [0, 0.05) is 6.42 Å². The lowest BCUT2D eigenvalue weighted by Gasteiger charge is -2.30. The van der Waals surface area contributed by atoms with Gasteiger partial charge in [-0.15, -0.1) is 0 Å². The molecule has 0 saturated heterocycles. The number of quaternary nitrogens is 1. The lowest BCUT2D eigenvalue weighted by Crippen LogP contribution is -2.46. The molecule has 0 aliphatic heterocycles. The molecule has 8 nitrogen and oxygen atoms in total. The van der Waals surface area contributed by atoms with E-state index in [1.54, 1.807) is 0 Å². The summed E-state index contributed by atoms with van der Waals surface area (Å²) < 4.78 is 23.4. The topological polar surface area (TPSA) is 108 Å². The molecule has 386 valence electrons. The zero-order valence-electron chi connectivity index (χ0n) is 43.9. The molecule has 0 aromatic carbocycles. The molecule has 0 aliphatic rings. The van der Waals surface area contributed by atoms with Crippen molar-refractivity contribution in [2.75, 3.05) is 40.9 Å². The van der Waals surface area contributed by atoms with Gasteiger partial charge in [-0.25, -0.2) is 0 Å². The number of hydrogen-bond donors (Lipinski definition) is 2. The molecule has 0 spiro atoms. The monoisotopic (exact) mass is 947 g/mol. The summed E-state index contributed by atoms with van der Waals surface area (Å²) in [6.45, 7) is 4.60. The second-order valence-electron chi connectivity index (χ2n) is 19.9. The van der Waals surface area contributed by atoms with Crippen LogP contribution in [0.5, 0.6) is 0 Å².